The lowest BCUT2D eigenvalue weighted by Crippen LogP contribution is -2.50. The van der Waals surface area contributed by atoms with Gasteiger partial charge in [0.05, 0.1) is 7.11 Å². The summed E-state index contributed by atoms with van der Waals surface area (Å²) >= 11 is 0. The van der Waals surface area contributed by atoms with Gasteiger partial charge in [-0.1, -0.05) is 44.5 Å². The highest BCUT2D eigenvalue weighted by molar-refractivity contribution is 6.10. The van der Waals surface area contributed by atoms with E-state index in [1.54, 1.807) is 0 Å². The van der Waals surface area contributed by atoms with E-state index in [9.17, 15) is 19.2 Å². The van der Waals surface area contributed by atoms with Crippen LogP contribution in [0.2, 0.25) is 0 Å². The first-order valence-electron chi connectivity index (χ1n) is 9.43. The van der Waals surface area contributed by atoms with Crippen molar-refractivity contribution in [2.45, 2.75) is 44.7 Å². The summed E-state index contributed by atoms with van der Waals surface area (Å²) in [6.45, 7) is 3.27. The fourth-order valence-corrected chi connectivity index (χ4v) is 3.89. The number of nitrogens with one attached hydrogen (secondary N) is 2. The van der Waals surface area contributed by atoms with Crippen molar-refractivity contribution in [2.75, 3.05) is 13.7 Å². The van der Waals surface area contributed by atoms with Crippen LogP contribution in [0.5, 0.6) is 0 Å². The van der Waals surface area contributed by atoms with Crippen LogP contribution in [0, 0.1) is 5.92 Å². The summed E-state index contributed by atoms with van der Waals surface area (Å²) in [7, 11) is 1.25. The average Bonchev–Trinajstić information content (AvgIpc) is 3.18. The highest BCUT2D eigenvalue weighted by Crippen LogP contribution is 2.41. The van der Waals surface area contributed by atoms with Gasteiger partial charge in [-0.25, -0.2) is 9.59 Å². The number of imide groups is 1. The fourth-order valence-electron chi connectivity index (χ4n) is 3.89. The van der Waals surface area contributed by atoms with Crippen LogP contribution in [0.15, 0.2) is 24.3 Å². The van der Waals surface area contributed by atoms with Gasteiger partial charge < -0.3 is 15.4 Å². The summed E-state index contributed by atoms with van der Waals surface area (Å²) in [4.78, 5) is 50.9. The first-order chi connectivity index (χ1) is 13.3. The molecule has 28 heavy (non-hydrogen) atoms. The zero-order chi connectivity index (χ0) is 20.5. The minimum Gasteiger partial charge on any atom is -0.467 e. The summed E-state index contributed by atoms with van der Waals surface area (Å²) in [6, 6.07) is 6.06. The smallest absolute Gasteiger partial charge is 0.328 e. The minimum atomic E-state index is -1.10. The van der Waals surface area contributed by atoms with Gasteiger partial charge in [0, 0.05) is 0 Å². The molecule has 1 spiro atoms. The molecule has 4 amide bonds. The molecule has 8 heteroatoms. The van der Waals surface area contributed by atoms with Gasteiger partial charge in [0.2, 0.25) is 5.91 Å². The number of fused-ring (bicyclic) bond motifs is 2. The molecule has 0 aromatic heterocycles. The van der Waals surface area contributed by atoms with Crippen molar-refractivity contribution in [1.29, 1.82) is 0 Å². The number of hydrogen-bond donors (Lipinski definition) is 2. The van der Waals surface area contributed by atoms with Gasteiger partial charge in [0.25, 0.3) is 5.91 Å². The number of amides is 4. The van der Waals surface area contributed by atoms with Crippen molar-refractivity contribution in [3.05, 3.63) is 35.4 Å². The van der Waals surface area contributed by atoms with E-state index in [-0.39, 0.29) is 5.92 Å². The molecular formula is C20H25N3O5. The van der Waals surface area contributed by atoms with E-state index < -0.39 is 41.9 Å². The maximum atomic E-state index is 13.1. The van der Waals surface area contributed by atoms with E-state index in [1.165, 1.54) is 7.11 Å². The summed E-state index contributed by atoms with van der Waals surface area (Å²) in [5.74, 6) is -1.72. The minimum absolute atomic E-state index is 0.146. The Morgan fingerprint density at radius 3 is 2.71 bits per heavy atom. The molecule has 1 aliphatic heterocycles. The molecule has 8 nitrogen and oxygen atoms in total. The Labute approximate surface area is 163 Å². The quantitative estimate of drug-likeness (QED) is 0.561. The monoisotopic (exact) mass is 387 g/mol. The summed E-state index contributed by atoms with van der Waals surface area (Å²) < 4.78 is 4.75. The van der Waals surface area contributed by atoms with Gasteiger partial charge in [-0.05, 0) is 29.9 Å². The molecule has 3 atom stereocenters. The summed E-state index contributed by atoms with van der Waals surface area (Å²) in [5, 5.41) is 5.37. The van der Waals surface area contributed by atoms with Gasteiger partial charge in [0.1, 0.15) is 18.1 Å². The number of ether oxygens (including phenoxy) is 1. The lowest BCUT2D eigenvalue weighted by molar-refractivity contribution is -0.146. The molecule has 0 bridgehead atoms. The third kappa shape index (κ3) is 3.23. The van der Waals surface area contributed by atoms with Crippen molar-refractivity contribution in [3.8, 4) is 0 Å². The standard InChI is InChI=1S/C20H25N3O5/c1-4-12(2)16(17(25)28-3)21-15(24)11-23-18(26)20(22-19(23)27)10-9-13-7-5-6-8-14(13)20/h5-8,12,16H,4,9-11H2,1-3H3,(H,21,24)(H,22,27)/t12-,16-,20+/m1/s1. The van der Waals surface area contributed by atoms with Gasteiger partial charge >= 0.3 is 12.0 Å². The second-order valence-corrected chi connectivity index (χ2v) is 7.34. The molecular weight excluding hydrogens is 362 g/mol. The zero-order valence-electron chi connectivity index (χ0n) is 16.3. The van der Waals surface area contributed by atoms with E-state index in [0.717, 1.165) is 16.0 Å². The van der Waals surface area contributed by atoms with Crippen molar-refractivity contribution >= 4 is 23.8 Å². The number of nitrogens with zero attached hydrogens (tertiary/aromatic N) is 1. The molecule has 2 N–H and O–H groups in total. The normalized spacial score (nSPS) is 22.6. The highest BCUT2D eigenvalue weighted by Gasteiger charge is 2.55. The maximum absolute atomic E-state index is 13.1. The van der Waals surface area contributed by atoms with Crippen LogP contribution in [-0.2, 0) is 31.1 Å². The molecule has 1 aromatic carbocycles. The van der Waals surface area contributed by atoms with Crippen LogP contribution in [0.4, 0.5) is 4.79 Å². The number of carbonyl (C=O) groups excluding carboxylic acids is 4. The topological polar surface area (TPSA) is 105 Å². The number of hydrogen-bond acceptors (Lipinski definition) is 5. The largest absolute Gasteiger partial charge is 0.467 e. The number of carbonyl (C=O) groups is 4. The second-order valence-electron chi connectivity index (χ2n) is 7.34. The lowest BCUT2D eigenvalue weighted by Gasteiger charge is -2.24. The van der Waals surface area contributed by atoms with Crippen molar-refractivity contribution < 1.29 is 23.9 Å². The average molecular weight is 387 g/mol. The highest BCUT2D eigenvalue weighted by atomic mass is 16.5. The van der Waals surface area contributed by atoms with Crippen LogP contribution in [-0.4, -0.2) is 48.4 Å². The molecule has 1 fully saturated rings. The number of methoxy groups -OCH3 is 1. The van der Waals surface area contributed by atoms with Crippen LogP contribution in [0.3, 0.4) is 0 Å². The van der Waals surface area contributed by atoms with E-state index >= 15 is 0 Å². The van der Waals surface area contributed by atoms with E-state index in [4.69, 9.17) is 4.74 Å². The number of rotatable bonds is 6. The lowest BCUT2D eigenvalue weighted by atomic mass is 9.92. The molecule has 0 radical (unpaired) electrons. The van der Waals surface area contributed by atoms with E-state index in [1.807, 2.05) is 38.1 Å². The van der Waals surface area contributed by atoms with Crippen LogP contribution >= 0.6 is 0 Å². The Hall–Kier alpha value is -2.90. The van der Waals surface area contributed by atoms with Crippen LogP contribution in [0.25, 0.3) is 0 Å². The second kappa shape index (κ2) is 7.61. The predicted molar refractivity (Wildman–Crippen MR) is 100 cm³/mol. The van der Waals surface area contributed by atoms with Gasteiger partial charge in [-0.15, -0.1) is 0 Å². The zero-order valence-corrected chi connectivity index (χ0v) is 16.3. The fraction of sp³-hybridized carbons (Fsp3) is 0.500. The third-order valence-electron chi connectivity index (χ3n) is 5.71. The first-order valence-corrected chi connectivity index (χ1v) is 9.43. The van der Waals surface area contributed by atoms with E-state index in [2.05, 4.69) is 10.6 Å². The molecule has 0 unspecified atom stereocenters. The molecule has 3 rings (SSSR count). The van der Waals surface area contributed by atoms with Gasteiger partial charge in [-0.2, -0.15) is 0 Å². The number of urea groups is 1. The Morgan fingerprint density at radius 1 is 1.32 bits per heavy atom. The number of benzene rings is 1. The van der Waals surface area contributed by atoms with E-state index in [0.29, 0.717) is 19.3 Å². The van der Waals surface area contributed by atoms with Crippen LogP contribution < -0.4 is 10.6 Å². The maximum Gasteiger partial charge on any atom is 0.328 e. The van der Waals surface area contributed by atoms with Crippen molar-refractivity contribution in [2.24, 2.45) is 5.92 Å². The molecule has 150 valence electrons. The van der Waals surface area contributed by atoms with Gasteiger partial charge in [-0.3, -0.25) is 14.5 Å². The summed E-state index contributed by atoms with van der Waals surface area (Å²) in [6.07, 6.45) is 1.80. The number of aryl methyl sites for hydroxylation is 1. The first kappa shape index (κ1) is 19.9. The van der Waals surface area contributed by atoms with Gasteiger partial charge in [0.15, 0.2) is 0 Å². The Bertz CT molecular complexity index is 824. The Morgan fingerprint density at radius 2 is 2.04 bits per heavy atom. The molecule has 1 saturated heterocycles. The molecule has 1 aliphatic carbocycles. The molecule has 1 aromatic rings. The van der Waals surface area contributed by atoms with Crippen molar-refractivity contribution in [1.82, 2.24) is 15.5 Å². The summed E-state index contributed by atoms with van der Waals surface area (Å²) in [5.41, 5.74) is 0.695. The van der Waals surface area contributed by atoms with Crippen molar-refractivity contribution in [3.63, 3.8) is 0 Å². The Kier molecular flexibility index (Phi) is 5.40. The Balaban J connectivity index is 1.75. The number of esters is 1. The molecule has 2 aliphatic rings. The SMILES string of the molecule is CC[C@@H](C)[C@@H](NC(=O)CN1C(=O)N[C@]2(CCc3ccccc32)C1=O)C(=O)OC. The van der Waals surface area contributed by atoms with Crippen LogP contribution in [0.1, 0.15) is 37.8 Å². The molecule has 1 heterocycles. The molecule has 0 saturated carbocycles. The predicted octanol–water partition coefficient (Wildman–Crippen LogP) is 1.08. The third-order valence-corrected chi connectivity index (χ3v) is 5.71.